The van der Waals surface area contributed by atoms with E-state index in [9.17, 15) is 9.36 Å². The summed E-state index contributed by atoms with van der Waals surface area (Å²) >= 11 is 4.71. The van der Waals surface area contributed by atoms with E-state index in [1.54, 1.807) is 20.8 Å². The minimum atomic E-state index is -3.70. The highest BCUT2D eigenvalue weighted by Gasteiger charge is 2.43. The Morgan fingerprint density at radius 1 is 1.24 bits per heavy atom. The average molecular weight is 339 g/mol. The van der Waals surface area contributed by atoms with Gasteiger partial charge in [0, 0.05) is 0 Å². The minimum absolute atomic E-state index is 0.222. The molecule has 0 rings (SSSR count). The summed E-state index contributed by atoms with van der Waals surface area (Å²) in [4.78, 5) is 12.2. The topological polar surface area (TPSA) is 73.9 Å². The van der Waals surface area contributed by atoms with E-state index in [0.29, 0.717) is 12.8 Å². The summed E-state index contributed by atoms with van der Waals surface area (Å²) in [5, 5.41) is 2.57. The van der Waals surface area contributed by atoms with Gasteiger partial charge in [0.15, 0.2) is 0 Å². The first-order chi connectivity index (χ1) is 9.70. The van der Waals surface area contributed by atoms with Crippen LogP contribution in [0, 0.1) is 0 Å². The Morgan fingerprint density at radius 2 is 1.71 bits per heavy atom. The van der Waals surface area contributed by atoms with Gasteiger partial charge in [0.2, 0.25) is 5.78 Å². The van der Waals surface area contributed by atoms with Gasteiger partial charge in [0.05, 0.1) is 18.7 Å². The van der Waals surface area contributed by atoms with Crippen LogP contribution < -0.4 is 5.32 Å². The SMILES string of the molecule is CCCOP(=O)(OCCC)C(NC=S)C(=O)OC(C)(C)C. The maximum Gasteiger partial charge on any atom is 0.364 e. The predicted molar refractivity (Wildman–Crippen MR) is 86.5 cm³/mol. The molecule has 0 saturated heterocycles. The molecule has 0 saturated carbocycles. The Kier molecular flexibility index (Phi) is 9.29. The van der Waals surface area contributed by atoms with Crippen LogP contribution in [0.5, 0.6) is 0 Å². The van der Waals surface area contributed by atoms with E-state index >= 15 is 0 Å². The Hall–Kier alpha value is -0.490. The molecule has 6 nitrogen and oxygen atoms in total. The highest BCUT2D eigenvalue weighted by atomic mass is 32.1. The molecule has 0 heterocycles. The molecule has 1 atom stereocenters. The zero-order valence-corrected chi connectivity index (χ0v) is 15.1. The van der Waals surface area contributed by atoms with Gasteiger partial charge in [-0.05, 0) is 33.6 Å². The van der Waals surface area contributed by atoms with Crippen molar-refractivity contribution in [3.05, 3.63) is 0 Å². The second-order valence-corrected chi connectivity index (χ2v) is 7.77. The van der Waals surface area contributed by atoms with Crippen LogP contribution in [0.25, 0.3) is 0 Å². The molecule has 0 aromatic carbocycles. The third-order valence-corrected chi connectivity index (χ3v) is 4.34. The fourth-order valence-corrected chi connectivity index (χ4v) is 3.39. The highest BCUT2D eigenvalue weighted by Crippen LogP contribution is 2.52. The maximum atomic E-state index is 12.9. The van der Waals surface area contributed by atoms with Crippen LogP contribution >= 0.6 is 19.8 Å². The third-order valence-electron chi connectivity index (χ3n) is 2.12. The second-order valence-electron chi connectivity index (χ2n) is 5.43. The van der Waals surface area contributed by atoms with Gasteiger partial charge < -0.3 is 19.1 Å². The lowest BCUT2D eigenvalue weighted by molar-refractivity contribution is -0.155. The molecule has 1 N–H and O–H groups in total. The Morgan fingerprint density at radius 3 is 2.05 bits per heavy atom. The molecule has 0 bridgehead atoms. The first-order valence-electron chi connectivity index (χ1n) is 7.01. The molecule has 0 spiro atoms. The zero-order valence-electron chi connectivity index (χ0n) is 13.4. The van der Waals surface area contributed by atoms with Crippen LogP contribution in [0.15, 0.2) is 0 Å². The van der Waals surface area contributed by atoms with Gasteiger partial charge in [-0.1, -0.05) is 26.1 Å². The number of hydrogen-bond acceptors (Lipinski definition) is 6. The largest absolute Gasteiger partial charge is 0.458 e. The van der Waals surface area contributed by atoms with Gasteiger partial charge in [-0.2, -0.15) is 0 Å². The highest BCUT2D eigenvalue weighted by molar-refractivity contribution is 7.78. The molecular weight excluding hydrogens is 313 g/mol. The van der Waals surface area contributed by atoms with Crippen LogP contribution in [0.2, 0.25) is 0 Å². The van der Waals surface area contributed by atoms with Crippen molar-refractivity contribution in [1.29, 1.82) is 0 Å². The molecule has 8 heteroatoms. The van der Waals surface area contributed by atoms with Gasteiger partial charge in [-0.25, -0.2) is 4.79 Å². The van der Waals surface area contributed by atoms with Crippen molar-refractivity contribution in [2.45, 2.75) is 58.8 Å². The van der Waals surface area contributed by atoms with Gasteiger partial charge in [-0.3, -0.25) is 4.57 Å². The summed E-state index contributed by atoms with van der Waals surface area (Å²) in [7, 11) is -3.70. The predicted octanol–water partition coefficient (Wildman–Crippen LogP) is 3.25. The number of hydrogen-bond donors (Lipinski definition) is 1. The van der Waals surface area contributed by atoms with E-state index in [2.05, 4.69) is 5.32 Å². The minimum Gasteiger partial charge on any atom is -0.458 e. The number of nitrogens with one attached hydrogen (secondary N) is 1. The first kappa shape index (κ1) is 20.5. The standard InChI is InChI=1S/C13H26NO5PS/c1-6-8-17-20(16,18-9-7-2)11(14-10-21)12(15)19-13(3,4)5/h10-11H,6-9H2,1-5H3,(H,14,21). The van der Waals surface area contributed by atoms with Gasteiger partial charge in [0.25, 0.3) is 0 Å². The van der Waals surface area contributed by atoms with E-state index in [-0.39, 0.29) is 13.2 Å². The number of esters is 1. The number of ether oxygens (including phenoxy) is 1. The summed E-state index contributed by atoms with van der Waals surface area (Å²) < 4.78 is 28.8. The summed E-state index contributed by atoms with van der Waals surface area (Å²) in [6, 6.07) is 0. The molecule has 1 unspecified atom stereocenters. The van der Waals surface area contributed by atoms with Crippen molar-refractivity contribution in [2.75, 3.05) is 13.2 Å². The molecule has 124 valence electrons. The van der Waals surface area contributed by atoms with E-state index < -0.39 is 24.9 Å². The average Bonchev–Trinajstić information content (AvgIpc) is 2.38. The lowest BCUT2D eigenvalue weighted by Crippen LogP contribution is -2.41. The van der Waals surface area contributed by atoms with Gasteiger partial charge in [0.1, 0.15) is 5.60 Å². The summed E-state index contributed by atoms with van der Waals surface area (Å²) in [5.74, 6) is -1.97. The van der Waals surface area contributed by atoms with Crippen LogP contribution in [0.3, 0.4) is 0 Å². The summed E-state index contributed by atoms with van der Waals surface area (Å²) in [6.07, 6.45) is 1.30. The molecule has 0 radical (unpaired) electrons. The molecule has 0 fully saturated rings. The molecule has 0 aromatic rings. The zero-order chi connectivity index (χ0) is 16.5. The van der Waals surface area contributed by atoms with Crippen molar-refractivity contribution in [3.8, 4) is 0 Å². The molecule has 0 aliphatic heterocycles. The van der Waals surface area contributed by atoms with Crippen LogP contribution in [0.1, 0.15) is 47.5 Å². The van der Waals surface area contributed by atoms with Crippen molar-refractivity contribution in [1.82, 2.24) is 5.32 Å². The first-order valence-corrected chi connectivity index (χ1v) is 9.09. The fraction of sp³-hybridized carbons (Fsp3) is 0.846. The van der Waals surface area contributed by atoms with Crippen molar-refractivity contribution >= 4 is 31.3 Å². The van der Waals surface area contributed by atoms with Crippen molar-refractivity contribution in [2.24, 2.45) is 0 Å². The number of rotatable bonds is 10. The molecule has 0 amide bonds. The number of carbonyl (C=O) groups is 1. The van der Waals surface area contributed by atoms with Gasteiger partial charge in [-0.15, -0.1) is 0 Å². The van der Waals surface area contributed by atoms with Crippen LogP contribution in [-0.4, -0.2) is 36.1 Å². The number of carbonyl (C=O) groups excluding carboxylic acids is 1. The summed E-state index contributed by atoms with van der Waals surface area (Å²) in [6.45, 7) is 9.37. The maximum absolute atomic E-state index is 12.9. The lowest BCUT2D eigenvalue weighted by Gasteiger charge is -2.28. The van der Waals surface area contributed by atoms with Crippen LogP contribution in [-0.2, 0) is 23.1 Å². The van der Waals surface area contributed by atoms with Gasteiger partial charge >= 0.3 is 13.6 Å². The molecule has 0 aliphatic rings. The molecule has 0 aromatic heterocycles. The Bertz CT molecular complexity index is 371. The van der Waals surface area contributed by atoms with E-state index in [0.717, 1.165) is 5.49 Å². The van der Waals surface area contributed by atoms with E-state index in [4.69, 9.17) is 26.0 Å². The Balaban J connectivity index is 5.24. The lowest BCUT2D eigenvalue weighted by atomic mass is 10.2. The Labute approximate surface area is 132 Å². The molecular formula is C13H26NO5PS. The fourth-order valence-electron chi connectivity index (χ4n) is 1.33. The third kappa shape index (κ3) is 7.90. The van der Waals surface area contributed by atoms with Crippen molar-refractivity contribution in [3.63, 3.8) is 0 Å². The monoisotopic (exact) mass is 339 g/mol. The van der Waals surface area contributed by atoms with E-state index in [1.807, 2.05) is 13.8 Å². The van der Waals surface area contributed by atoms with Crippen molar-refractivity contribution < 1.29 is 23.1 Å². The molecule has 21 heavy (non-hydrogen) atoms. The quantitative estimate of drug-likeness (QED) is 0.372. The smallest absolute Gasteiger partial charge is 0.364 e. The van der Waals surface area contributed by atoms with E-state index in [1.165, 1.54) is 0 Å². The second kappa shape index (κ2) is 9.51. The number of thiocarbonyl (C=S) groups is 1. The molecule has 0 aliphatic carbocycles. The van der Waals surface area contributed by atoms with Crippen LogP contribution in [0.4, 0.5) is 0 Å². The summed E-state index contributed by atoms with van der Waals surface area (Å²) in [5.41, 5.74) is 0.407. The normalized spacial score (nSPS) is 13.6.